The smallest absolute Gasteiger partial charge is 0.227 e. The Morgan fingerprint density at radius 3 is 2.62 bits per heavy atom. The third kappa shape index (κ3) is 4.49. The summed E-state index contributed by atoms with van der Waals surface area (Å²) in [7, 11) is 1.61. The summed E-state index contributed by atoms with van der Waals surface area (Å²) in [5.41, 5.74) is 2.52. The second-order valence-electron chi connectivity index (χ2n) is 6.31. The molecule has 2 heterocycles. The summed E-state index contributed by atoms with van der Waals surface area (Å²) in [6, 6.07) is 14.9. The normalized spacial score (nSPS) is 10.7. The minimum Gasteiger partial charge on any atom is -0.497 e. The number of amides is 1. The monoisotopic (exact) mass is 389 g/mol. The highest BCUT2D eigenvalue weighted by Gasteiger charge is 2.11. The summed E-state index contributed by atoms with van der Waals surface area (Å²) in [5, 5.41) is 6.84. The van der Waals surface area contributed by atoms with Gasteiger partial charge in [-0.3, -0.25) is 4.79 Å². The van der Waals surface area contributed by atoms with E-state index in [0.29, 0.717) is 18.1 Å². The van der Waals surface area contributed by atoms with Crippen LogP contribution < -0.4 is 10.1 Å². The lowest BCUT2D eigenvalue weighted by Crippen LogP contribution is -2.12. The molecule has 0 spiro atoms. The van der Waals surface area contributed by atoms with E-state index in [2.05, 4.69) is 20.4 Å². The first-order chi connectivity index (χ1) is 14.2. The first-order valence-corrected chi connectivity index (χ1v) is 9.06. The number of hydrogen-bond acceptors (Lipinski definition) is 6. The number of hydrogen-bond donors (Lipinski definition) is 1. The lowest BCUT2D eigenvalue weighted by molar-refractivity contribution is -0.116. The summed E-state index contributed by atoms with van der Waals surface area (Å²) < 4.78 is 12.3. The van der Waals surface area contributed by atoms with Crippen molar-refractivity contribution in [2.24, 2.45) is 0 Å². The van der Waals surface area contributed by atoms with Crippen LogP contribution in [0.4, 0.5) is 5.69 Å². The lowest BCUT2D eigenvalue weighted by Gasteiger charge is -2.06. The average molecular weight is 389 g/mol. The van der Waals surface area contributed by atoms with Crippen molar-refractivity contribution in [2.75, 3.05) is 12.4 Å². The summed E-state index contributed by atoms with van der Waals surface area (Å²) in [6.07, 6.45) is 5.90. The van der Waals surface area contributed by atoms with E-state index >= 15 is 0 Å². The number of ether oxygens (including phenoxy) is 1. The third-order valence-electron chi connectivity index (χ3n) is 4.34. The highest BCUT2D eigenvalue weighted by Crippen LogP contribution is 2.20. The van der Waals surface area contributed by atoms with Gasteiger partial charge in [-0.05, 0) is 48.5 Å². The van der Waals surface area contributed by atoms with Gasteiger partial charge in [0.1, 0.15) is 5.75 Å². The zero-order valence-electron chi connectivity index (χ0n) is 15.8. The summed E-state index contributed by atoms with van der Waals surface area (Å²) in [4.78, 5) is 20.6. The molecule has 0 aliphatic carbocycles. The van der Waals surface area contributed by atoms with Gasteiger partial charge in [0.15, 0.2) is 0 Å². The first-order valence-electron chi connectivity index (χ1n) is 9.06. The molecule has 2 aromatic carbocycles. The first kappa shape index (κ1) is 18.4. The van der Waals surface area contributed by atoms with E-state index in [1.54, 1.807) is 19.6 Å². The van der Waals surface area contributed by atoms with Crippen LogP contribution in [0.3, 0.4) is 0 Å². The second kappa shape index (κ2) is 8.39. The maximum Gasteiger partial charge on any atom is 0.227 e. The Labute approximate surface area is 167 Å². The van der Waals surface area contributed by atoms with Crippen molar-refractivity contribution in [1.29, 1.82) is 0 Å². The van der Waals surface area contributed by atoms with E-state index < -0.39 is 0 Å². The number of imidazole rings is 1. The minimum atomic E-state index is -0.121. The Morgan fingerprint density at radius 1 is 1.14 bits per heavy atom. The lowest BCUT2D eigenvalue weighted by atomic mass is 10.2. The van der Waals surface area contributed by atoms with Crippen LogP contribution in [0, 0.1) is 0 Å². The van der Waals surface area contributed by atoms with Gasteiger partial charge in [0.05, 0.1) is 13.4 Å². The van der Waals surface area contributed by atoms with E-state index in [1.165, 1.54) is 0 Å². The van der Waals surface area contributed by atoms with Crippen LogP contribution in [0.1, 0.15) is 12.3 Å². The number of carbonyl (C=O) groups is 1. The van der Waals surface area contributed by atoms with E-state index in [9.17, 15) is 4.79 Å². The zero-order valence-corrected chi connectivity index (χ0v) is 15.8. The standard InChI is InChI=1S/C21H19N5O3/c1-28-18-8-2-15(3-9-18)21-24-20(29-25-21)11-10-19(27)23-16-4-6-17(7-5-16)26-13-12-22-14-26/h2-9,12-14H,10-11H2,1H3,(H,23,27). The number of benzene rings is 2. The van der Waals surface area contributed by atoms with Crippen LogP contribution in [-0.4, -0.2) is 32.7 Å². The molecule has 0 aliphatic heterocycles. The molecule has 0 bridgehead atoms. The third-order valence-corrected chi connectivity index (χ3v) is 4.34. The number of nitrogens with zero attached hydrogens (tertiary/aromatic N) is 4. The van der Waals surface area contributed by atoms with Crippen molar-refractivity contribution in [2.45, 2.75) is 12.8 Å². The van der Waals surface area contributed by atoms with E-state index in [0.717, 1.165) is 22.7 Å². The molecule has 0 aliphatic rings. The Kier molecular flexibility index (Phi) is 5.33. The van der Waals surface area contributed by atoms with E-state index in [1.807, 2.05) is 59.3 Å². The van der Waals surface area contributed by atoms with Gasteiger partial charge in [-0.25, -0.2) is 4.98 Å². The molecule has 0 saturated heterocycles. The number of aromatic nitrogens is 4. The van der Waals surface area contributed by atoms with Gasteiger partial charge in [0.25, 0.3) is 0 Å². The zero-order chi connectivity index (χ0) is 20.1. The van der Waals surface area contributed by atoms with Crippen LogP contribution >= 0.6 is 0 Å². The fraction of sp³-hybridized carbons (Fsp3) is 0.143. The van der Waals surface area contributed by atoms with E-state index in [-0.39, 0.29) is 12.3 Å². The molecule has 146 valence electrons. The maximum absolute atomic E-state index is 12.2. The van der Waals surface area contributed by atoms with Gasteiger partial charge in [0, 0.05) is 42.2 Å². The largest absolute Gasteiger partial charge is 0.497 e. The Bertz CT molecular complexity index is 1070. The molecule has 0 saturated carbocycles. The molecular weight excluding hydrogens is 370 g/mol. The molecule has 8 heteroatoms. The Balaban J connectivity index is 1.31. The highest BCUT2D eigenvalue weighted by molar-refractivity contribution is 5.90. The van der Waals surface area contributed by atoms with Crippen molar-refractivity contribution in [3.05, 3.63) is 73.1 Å². The number of aryl methyl sites for hydroxylation is 1. The fourth-order valence-electron chi connectivity index (χ4n) is 2.79. The number of nitrogens with one attached hydrogen (secondary N) is 1. The topological polar surface area (TPSA) is 95.1 Å². The Morgan fingerprint density at radius 2 is 1.93 bits per heavy atom. The molecule has 2 aromatic heterocycles. The van der Waals surface area contributed by atoms with Crippen molar-refractivity contribution in [3.8, 4) is 22.8 Å². The number of methoxy groups -OCH3 is 1. The molecule has 1 N–H and O–H groups in total. The molecule has 4 rings (SSSR count). The summed E-state index contributed by atoms with van der Waals surface area (Å²) >= 11 is 0. The van der Waals surface area contributed by atoms with Crippen molar-refractivity contribution in [1.82, 2.24) is 19.7 Å². The molecule has 0 fully saturated rings. The molecule has 8 nitrogen and oxygen atoms in total. The molecule has 0 atom stereocenters. The number of anilines is 1. The van der Waals surface area contributed by atoms with Crippen LogP contribution in [0.15, 0.2) is 71.8 Å². The van der Waals surface area contributed by atoms with Crippen molar-refractivity contribution < 1.29 is 14.1 Å². The number of rotatable bonds is 7. The quantitative estimate of drug-likeness (QED) is 0.520. The predicted molar refractivity (Wildman–Crippen MR) is 107 cm³/mol. The van der Waals surface area contributed by atoms with Crippen LogP contribution in [0.2, 0.25) is 0 Å². The number of carbonyl (C=O) groups excluding carboxylic acids is 1. The predicted octanol–water partition coefficient (Wildman–Crippen LogP) is 3.50. The molecule has 29 heavy (non-hydrogen) atoms. The van der Waals surface area contributed by atoms with E-state index in [4.69, 9.17) is 9.26 Å². The van der Waals surface area contributed by atoms with Crippen LogP contribution in [-0.2, 0) is 11.2 Å². The fourth-order valence-corrected chi connectivity index (χ4v) is 2.79. The second-order valence-corrected chi connectivity index (χ2v) is 6.31. The van der Waals surface area contributed by atoms with Crippen molar-refractivity contribution >= 4 is 11.6 Å². The molecule has 0 radical (unpaired) electrons. The maximum atomic E-state index is 12.2. The van der Waals surface area contributed by atoms with Gasteiger partial charge in [-0.1, -0.05) is 5.16 Å². The van der Waals surface area contributed by atoms with Crippen LogP contribution in [0.5, 0.6) is 5.75 Å². The summed E-state index contributed by atoms with van der Waals surface area (Å²) in [5.74, 6) is 1.54. The van der Waals surface area contributed by atoms with Gasteiger partial charge in [0.2, 0.25) is 17.6 Å². The molecule has 1 amide bonds. The molecule has 0 unspecified atom stereocenters. The van der Waals surface area contributed by atoms with Gasteiger partial charge in [-0.2, -0.15) is 4.98 Å². The molecule has 4 aromatic rings. The van der Waals surface area contributed by atoms with Gasteiger partial charge < -0.3 is 19.1 Å². The van der Waals surface area contributed by atoms with Crippen LogP contribution in [0.25, 0.3) is 17.1 Å². The summed E-state index contributed by atoms with van der Waals surface area (Å²) in [6.45, 7) is 0. The minimum absolute atomic E-state index is 0.121. The average Bonchev–Trinajstić information content (AvgIpc) is 3.45. The highest BCUT2D eigenvalue weighted by atomic mass is 16.5. The SMILES string of the molecule is COc1ccc(-c2noc(CCC(=O)Nc3ccc(-n4ccnc4)cc3)n2)cc1. The van der Waals surface area contributed by atoms with Gasteiger partial charge >= 0.3 is 0 Å². The molecular formula is C21H19N5O3. The Hall–Kier alpha value is -3.94. The van der Waals surface area contributed by atoms with Gasteiger partial charge in [-0.15, -0.1) is 0 Å². The van der Waals surface area contributed by atoms with Crippen molar-refractivity contribution in [3.63, 3.8) is 0 Å².